The predicted molar refractivity (Wildman–Crippen MR) is 83.4 cm³/mol. The Morgan fingerprint density at radius 2 is 2.00 bits per heavy atom. The monoisotopic (exact) mass is 318 g/mol. The Bertz CT molecular complexity index is 827. The van der Waals surface area contributed by atoms with Crippen molar-refractivity contribution in [2.45, 2.75) is 5.92 Å². The summed E-state index contributed by atoms with van der Waals surface area (Å²) in [6, 6.07) is 11.7. The Balaban J connectivity index is 2.21. The minimum atomic E-state index is -0.750. The molecule has 0 saturated carbocycles. The summed E-state index contributed by atoms with van der Waals surface area (Å²) in [5.74, 6) is -1.29. The molecule has 1 aromatic heterocycles. The van der Waals surface area contributed by atoms with Crippen LogP contribution in [-0.4, -0.2) is 16.5 Å². The van der Waals surface area contributed by atoms with Crippen LogP contribution in [0.5, 0.6) is 0 Å². The molecule has 0 aliphatic rings. The number of aromatic amines is 1. The molecule has 3 rings (SSSR count). The first-order valence-corrected chi connectivity index (χ1v) is 7.07. The van der Waals surface area contributed by atoms with Gasteiger partial charge >= 0.3 is 0 Å². The van der Waals surface area contributed by atoms with Crippen molar-refractivity contribution in [1.82, 2.24) is 4.98 Å². The third-order valence-electron chi connectivity index (χ3n) is 3.68. The fraction of sp³-hybridized carbons (Fsp3) is 0.125. The maximum atomic E-state index is 14.2. The van der Waals surface area contributed by atoms with Gasteiger partial charge in [0.25, 0.3) is 0 Å². The van der Waals surface area contributed by atoms with Gasteiger partial charge in [0.2, 0.25) is 6.54 Å². The first kappa shape index (κ1) is 14.5. The van der Waals surface area contributed by atoms with Gasteiger partial charge in [-0.15, -0.1) is 0 Å². The summed E-state index contributed by atoms with van der Waals surface area (Å²) >= 11 is 6.10. The summed E-state index contributed by atoms with van der Waals surface area (Å²) in [6.45, 7) is -0.428. The Labute approximate surface area is 130 Å². The predicted octanol–water partition coefficient (Wildman–Crippen LogP) is 4.37. The van der Waals surface area contributed by atoms with Gasteiger partial charge < -0.3 is 4.98 Å². The molecule has 1 heterocycles. The standard InChI is InChI=1S/C16H12ClFN2O2/c17-13-5-3-6-14(18)16(13)12(9-20(21)22)11-8-19-15-7-2-1-4-10(11)15/h1-8,12,19H,9H2. The molecule has 0 saturated heterocycles. The molecule has 1 atom stereocenters. The summed E-state index contributed by atoms with van der Waals surface area (Å²) in [6.07, 6.45) is 1.68. The van der Waals surface area contributed by atoms with Gasteiger partial charge in [0.15, 0.2) is 0 Å². The second-order valence-electron chi connectivity index (χ2n) is 4.99. The van der Waals surface area contributed by atoms with E-state index in [2.05, 4.69) is 4.98 Å². The van der Waals surface area contributed by atoms with Crippen molar-refractivity contribution in [3.8, 4) is 0 Å². The van der Waals surface area contributed by atoms with Crippen LogP contribution in [0.15, 0.2) is 48.7 Å². The number of aromatic nitrogens is 1. The van der Waals surface area contributed by atoms with Crippen molar-refractivity contribution in [3.05, 3.63) is 80.7 Å². The Morgan fingerprint density at radius 1 is 1.23 bits per heavy atom. The molecule has 2 aromatic carbocycles. The number of nitro groups is 1. The Hall–Kier alpha value is -2.40. The molecular formula is C16H12ClFN2O2. The van der Waals surface area contributed by atoms with E-state index in [4.69, 9.17) is 11.6 Å². The van der Waals surface area contributed by atoms with Crippen LogP contribution in [0.25, 0.3) is 10.9 Å². The number of H-pyrrole nitrogens is 1. The Kier molecular flexibility index (Phi) is 3.81. The first-order valence-electron chi connectivity index (χ1n) is 6.69. The number of nitrogens with zero attached hydrogens (tertiary/aromatic N) is 1. The van der Waals surface area contributed by atoms with Crippen LogP contribution in [0.2, 0.25) is 5.02 Å². The highest BCUT2D eigenvalue weighted by molar-refractivity contribution is 6.31. The van der Waals surface area contributed by atoms with E-state index in [0.717, 1.165) is 10.9 Å². The van der Waals surface area contributed by atoms with Crippen LogP contribution in [0.3, 0.4) is 0 Å². The smallest absolute Gasteiger partial charge is 0.214 e. The molecular weight excluding hydrogens is 307 g/mol. The van der Waals surface area contributed by atoms with Crippen molar-refractivity contribution in [2.24, 2.45) is 0 Å². The number of rotatable bonds is 4. The van der Waals surface area contributed by atoms with E-state index >= 15 is 0 Å². The van der Waals surface area contributed by atoms with E-state index < -0.39 is 23.2 Å². The lowest BCUT2D eigenvalue weighted by Gasteiger charge is -2.15. The summed E-state index contributed by atoms with van der Waals surface area (Å²) in [5, 5.41) is 12.1. The van der Waals surface area contributed by atoms with E-state index in [0.29, 0.717) is 5.56 Å². The molecule has 1 N–H and O–H groups in total. The molecule has 1 unspecified atom stereocenters. The van der Waals surface area contributed by atoms with Crippen LogP contribution < -0.4 is 0 Å². The second-order valence-corrected chi connectivity index (χ2v) is 5.40. The van der Waals surface area contributed by atoms with Gasteiger partial charge in [-0.1, -0.05) is 35.9 Å². The summed E-state index contributed by atoms with van der Waals surface area (Å²) < 4.78 is 14.2. The van der Waals surface area contributed by atoms with E-state index in [1.165, 1.54) is 12.1 Å². The largest absolute Gasteiger partial charge is 0.361 e. The van der Waals surface area contributed by atoms with Crippen LogP contribution in [0.4, 0.5) is 4.39 Å². The van der Waals surface area contributed by atoms with E-state index in [-0.39, 0.29) is 10.6 Å². The molecule has 6 heteroatoms. The molecule has 0 radical (unpaired) electrons. The Morgan fingerprint density at radius 3 is 2.73 bits per heavy atom. The van der Waals surface area contributed by atoms with Gasteiger partial charge in [-0.05, 0) is 23.8 Å². The van der Waals surface area contributed by atoms with Gasteiger partial charge in [-0.3, -0.25) is 10.1 Å². The maximum Gasteiger partial charge on any atom is 0.214 e. The molecule has 22 heavy (non-hydrogen) atoms. The number of para-hydroxylation sites is 1. The minimum Gasteiger partial charge on any atom is -0.361 e. The number of halogens is 2. The van der Waals surface area contributed by atoms with Gasteiger partial charge in [-0.2, -0.15) is 0 Å². The zero-order valence-corrected chi connectivity index (χ0v) is 12.2. The average Bonchev–Trinajstić information content (AvgIpc) is 2.89. The number of fused-ring (bicyclic) bond motifs is 1. The van der Waals surface area contributed by atoms with Crippen molar-refractivity contribution < 1.29 is 9.31 Å². The van der Waals surface area contributed by atoms with Gasteiger partial charge in [0, 0.05) is 32.6 Å². The molecule has 3 aromatic rings. The van der Waals surface area contributed by atoms with Crippen molar-refractivity contribution in [2.75, 3.05) is 6.54 Å². The van der Waals surface area contributed by atoms with E-state index in [1.54, 1.807) is 12.3 Å². The zero-order chi connectivity index (χ0) is 15.7. The van der Waals surface area contributed by atoms with Crippen molar-refractivity contribution in [1.29, 1.82) is 0 Å². The number of nitrogens with one attached hydrogen (secondary N) is 1. The van der Waals surface area contributed by atoms with Gasteiger partial charge in [-0.25, -0.2) is 4.39 Å². The molecule has 112 valence electrons. The molecule has 0 amide bonds. The molecule has 4 nitrogen and oxygen atoms in total. The van der Waals surface area contributed by atoms with Crippen molar-refractivity contribution in [3.63, 3.8) is 0 Å². The summed E-state index contributed by atoms with van der Waals surface area (Å²) in [4.78, 5) is 13.7. The number of benzene rings is 2. The topological polar surface area (TPSA) is 58.9 Å². The normalized spacial score (nSPS) is 12.5. The molecule has 0 aliphatic carbocycles. The summed E-state index contributed by atoms with van der Waals surface area (Å²) in [7, 11) is 0. The lowest BCUT2D eigenvalue weighted by Crippen LogP contribution is -2.15. The van der Waals surface area contributed by atoms with Crippen LogP contribution in [0.1, 0.15) is 17.0 Å². The van der Waals surface area contributed by atoms with Gasteiger partial charge in [0.1, 0.15) is 5.82 Å². The quantitative estimate of drug-likeness (QED) is 0.573. The summed E-state index contributed by atoms with van der Waals surface area (Å²) in [5.41, 5.74) is 1.67. The molecule has 0 bridgehead atoms. The second kappa shape index (κ2) is 5.77. The van der Waals surface area contributed by atoms with Crippen LogP contribution in [0, 0.1) is 15.9 Å². The lowest BCUT2D eigenvalue weighted by molar-refractivity contribution is -0.481. The third-order valence-corrected chi connectivity index (χ3v) is 4.01. The minimum absolute atomic E-state index is 0.158. The van der Waals surface area contributed by atoms with Crippen LogP contribution in [-0.2, 0) is 0 Å². The highest BCUT2D eigenvalue weighted by Gasteiger charge is 2.27. The maximum absolute atomic E-state index is 14.2. The van der Waals surface area contributed by atoms with Crippen LogP contribution >= 0.6 is 11.6 Å². The number of hydrogen-bond donors (Lipinski definition) is 1. The van der Waals surface area contributed by atoms with E-state index in [9.17, 15) is 14.5 Å². The highest BCUT2D eigenvalue weighted by atomic mass is 35.5. The molecule has 0 aliphatic heterocycles. The van der Waals surface area contributed by atoms with Crippen molar-refractivity contribution >= 4 is 22.5 Å². The fourth-order valence-electron chi connectivity index (χ4n) is 2.72. The zero-order valence-electron chi connectivity index (χ0n) is 11.4. The van der Waals surface area contributed by atoms with E-state index in [1.807, 2.05) is 24.3 Å². The highest BCUT2D eigenvalue weighted by Crippen LogP contribution is 2.36. The number of hydrogen-bond acceptors (Lipinski definition) is 2. The molecule has 0 spiro atoms. The fourth-order valence-corrected chi connectivity index (χ4v) is 3.01. The van der Waals surface area contributed by atoms with Gasteiger partial charge in [0.05, 0.1) is 5.92 Å². The third kappa shape index (κ3) is 2.55. The average molecular weight is 319 g/mol. The molecule has 0 fully saturated rings. The first-order chi connectivity index (χ1) is 10.6. The lowest BCUT2D eigenvalue weighted by atomic mass is 9.90. The SMILES string of the molecule is O=[N+]([O-])CC(c1c(F)cccc1Cl)c1c[nH]c2ccccc12.